The molecule has 0 saturated carbocycles. The van der Waals surface area contributed by atoms with Crippen LogP contribution in [-0.2, 0) is 14.3 Å². The highest BCUT2D eigenvalue weighted by Crippen LogP contribution is 2.57. The first kappa shape index (κ1) is 28.3. The average molecular weight is 530 g/mol. The number of hydrogen-bond acceptors (Lipinski definition) is 6. The van der Waals surface area contributed by atoms with E-state index < -0.39 is 23.8 Å². The zero-order valence-corrected chi connectivity index (χ0v) is 23.7. The molecule has 8 nitrogen and oxygen atoms in total. The minimum Gasteiger partial charge on any atom is -0.487 e. The van der Waals surface area contributed by atoms with E-state index in [1.165, 1.54) is 5.57 Å². The number of hydrogen-bond donors (Lipinski definition) is 1. The van der Waals surface area contributed by atoms with Crippen LogP contribution in [0.15, 0.2) is 29.8 Å². The fraction of sp³-hybridized carbons (Fsp3) is 0.667. The fourth-order valence-electron chi connectivity index (χ4n) is 5.98. The maximum atomic E-state index is 12.6. The lowest BCUT2D eigenvalue weighted by atomic mass is 9.63. The van der Waals surface area contributed by atoms with E-state index in [1.54, 1.807) is 12.1 Å². The van der Waals surface area contributed by atoms with Crippen LogP contribution in [0.2, 0.25) is 0 Å². The normalized spacial score (nSPS) is 26.0. The molecule has 1 spiro atoms. The molecule has 2 saturated heterocycles. The number of carbonyl (C=O) groups excluding carboxylic acids is 1. The largest absolute Gasteiger partial charge is 0.487 e. The molecule has 4 rings (SSSR count). The van der Waals surface area contributed by atoms with Gasteiger partial charge in [-0.15, -0.1) is 0 Å². The number of rotatable bonds is 6. The average Bonchev–Trinajstić information content (AvgIpc) is 2.82. The van der Waals surface area contributed by atoms with Crippen molar-refractivity contribution in [3.05, 3.63) is 35.4 Å². The van der Waals surface area contributed by atoms with Crippen molar-refractivity contribution < 1.29 is 33.6 Å². The van der Waals surface area contributed by atoms with E-state index >= 15 is 0 Å². The minimum absolute atomic E-state index is 0.0111. The molecule has 0 unspecified atom stereocenters. The van der Waals surface area contributed by atoms with Gasteiger partial charge in [-0.3, -0.25) is 0 Å². The van der Waals surface area contributed by atoms with Crippen molar-refractivity contribution in [2.45, 2.75) is 91.0 Å². The summed E-state index contributed by atoms with van der Waals surface area (Å²) in [4.78, 5) is 25.4. The van der Waals surface area contributed by atoms with E-state index in [0.29, 0.717) is 31.2 Å². The highest BCUT2D eigenvalue weighted by molar-refractivity contribution is 5.68. The SMILES string of the molecule is CC(C)=CCC[C@]1(C)Oc2cc(OCC(=O)O)ccc2[C@H]2OCC3(CCN(C(=O)OC(C)(C)C)CC3)C[C@@H]21. The summed E-state index contributed by atoms with van der Waals surface area (Å²) < 4.78 is 24.4. The van der Waals surface area contributed by atoms with Crippen molar-refractivity contribution in [2.75, 3.05) is 26.3 Å². The number of benzene rings is 1. The Bertz CT molecular complexity index is 1060. The number of carbonyl (C=O) groups is 2. The molecule has 3 aliphatic rings. The lowest BCUT2D eigenvalue weighted by Gasteiger charge is -2.55. The van der Waals surface area contributed by atoms with Crippen LogP contribution in [0.25, 0.3) is 0 Å². The van der Waals surface area contributed by atoms with Gasteiger partial charge in [0.05, 0.1) is 12.7 Å². The number of aliphatic carboxylic acids is 1. The van der Waals surface area contributed by atoms with Gasteiger partial charge >= 0.3 is 12.1 Å². The van der Waals surface area contributed by atoms with Crippen LogP contribution in [0.4, 0.5) is 4.79 Å². The molecule has 38 heavy (non-hydrogen) atoms. The van der Waals surface area contributed by atoms with Crippen LogP contribution in [0.3, 0.4) is 0 Å². The van der Waals surface area contributed by atoms with E-state index in [4.69, 9.17) is 24.1 Å². The topological polar surface area (TPSA) is 94.5 Å². The van der Waals surface area contributed by atoms with Gasteiger partial charge in [-0.05, 0) is 91.2 Å². The van der Waals surface area contributed by atoms with Gasteiger partial charge in [-0.2, -0.15) is 0 Å². The van der Waals surface area contributed by atoms with E-state index in [0.717, 1.165) is 37.7 Å². The summed E-state index contributed by atoms with van der Waals surface area (Å²) in [6.07, 6.45) is 6.31. The first-order valence-electron chi connectivity index (χ1n) is 13.7. The van der Waals surface area contributed by atoms with Crippen LogP contribution in [-0.4, -0.2) is 59.6 Å². The first-order valence-corrected chi connectivity index (χ1v) is 13.7. The predicted molar refractivity (Wildman–Crippen MR) is 144 cm³/mol. The lowest BCUT2D eigenvalue weighted by molar-refractivity contribution is -0.179. The maximum Gasteiger partial charge on any atom is 0.410 e. The van der Waals surface area contributed by atoms with Crippen LogP contribution >= 0.6 is 0 Å². The summed E-state index contributed by atoms with van der Waals surface area (Å²) in [6.45, 7) is 13.6. The van der Waals surface area contributed by atoms with Crippen LogP contribution in [0.5, 0.6) is 11.5 Å². The standard InChI is InChI=1S/C30H43NO7/c1-20(2)8-7-11-29(6)23-17-30(12-14-31(15-13-30)27(34)38-28(3,4)5)19-36-26(23)22-10-9-21(16-24(22)37-29)35-18-25(32)33/h8-10,16,23,26H,7,11-15,17-19H2,1-6H3,(H,32,33)/t23-,26+,29-/m0/s1. The van der Waals surface area contributed by atoms with Gasteiger partial charge in [-0.25, -0.2) is 9.59 Å². The molecule has 0 aromatic heterocycles. The third kappa shape index (κ3) is 6.45. The molecule has 1 aromatic rings. The summed E-state index contributed by atoms with van der Waals surface area (Å²) in [5.74, 6) is 0.296. The summed E-state index contributed by atoms with van der Waals surface area (Å²) in [5, 5.41) is 9.00. The second-order valence-electron chi connectivity index (χ2n) is 12.6. The van der Waals surface area contributed by atoms with Crippen LogP contribution in [0.1, 0.15) is 85.3 Å². The lowest BCUT2D eigenvalue weighted by Crippen LogP contribution is -2.56. The van der Waals surface area contributed by atoms with Crippen molar-refractivity contribution in [3.8, 4) is 11.5 Å². The van der Waals surface area contributed by atoms with E-state index in [9.17, 15) is 9.59 Å². The monoisotopic (exact) mass is 529 g/mol. The minimum atomic E-state index is -1.02. The molecule has 1 N–H and O–H groups in total. The first-order chi connectivity index (χ1) is 17.8. The molecule has 8 heteroatoms. The smallest absolute Gasteiger partial charge is 0.410 e. The Kier molecular flexibility index (Phi) is 8.03. The predicted octanol–water partition coefficient (Wildman–Crippen LogP) is 6.14. The number of likely N-dealkylation sites (tertiary alicyclic amines) is 1. The zero-order chi connectivity index (χ0) is 27.7. The second kappa shape index (κ2) is 10.8. The van der Waals surface area contributed by atoms with Crippen molar-refractivity contribution in [1.82, 2.24) is 4.90 Å². The van der Waals surface area contributed by atoms with Gasteiger partial charge in [0, 0.05) is 30.6 Å². The zero-order valence-electron chi connectivity index (χ0n) is 23.7. The third-order valence-electron chi connectivity index (χ3n) is 8.04. The number of ether oxygens (including phenoxy) is 4. The van der Waals surface area contributed by atoms with Gasteiger partial charge in [0.25, 0.3) is 0 Å². The second-order valence-corrected chi connectivity index (χ2v) is 12.6. The van der Waals surface area contributed by atoms with Crippen molar-refractivity contribution in [1.29, 1.82) is 0 Å². The highest BCUT2D eigenvalue weighted by atomic mass is 16.6. The molecule has 1 amide bonds. The molecule has 0 radical (unpaired) electrons. The summed E-state index contributed by atoms with van der Waals surface area (Å²) >= 11 is 0. The number of carboxylic acid groups (broad SMARTS) is 1. The fourth-order valence-corrected chi connectivity index (χ4v) is 5.98. The Balaban J connectivity index is 1.55. The van der Waals surface area contributed by atoms with E-state index in [-0.39, 0.29) is 23.5 Å². The van der Waals surface area contributed by atoms with E-state index in [2.05, 4.69) is 26.8 Å². The number of amides is 1. The van der Waals surface area contributed by atoms with E-state index in [1.807, 2.05) is 31.7 Å². The Morgan fingerprint density at radius 3 is 2.55 bits per heavy atom. The number of nitrogens with zero attached hydrogens (tertiary/aromatic N) is 1. The Morgan fingerprint density at radius 2 is 1.92 bits per heavy atom. The number of carboxylic acids is 1. The van der Waals surface area contributed by atoms with Gasteiger partial charge in [0.1, 0.15) is 22.7 Å². The Morgan fingerprint density at radius 1 is 1.21 bits per heavy atom. The molecule has 1 aromatic carbocycles. The molecule has 2 fully saturated rings. The van der Waals surface area contributed by atoms with Crippen LogP contribution in [0, 0.1) is 11.3 Å². The molecule has 3 heterocycles. The number of allylic oxidation sites excluding steroid dienone is 2. The van der Waals surface area contributed by atoms with Gasteiger partial charge in [0.15, 0.2) is 6.61 Å². The quantitative estimate of drug-likeness (QED) is 0.442. The Hall–Kier alpha value is -2.74. The van der Waals surface area contributed by atoms with Crippen LogP contribution < -0.4 is 9.47 Å². The number of fused-ring (bicyclic) bond motifs is 3. The Labute approximate surface area is 226 Å². The van der Waals surface area contributed by atoms with Gasteiger partial charge in [0.2, 0.25) is 0 Å². The highest BCUT2D eigenvalue weighted by Gasteiger charge is 2.54. The maximum absolute atomic E-state index is 12.6. The molecule has 3 atom stereocenters. The molecule has 0 bridgehead atoms. The molecular weight excluding hydrogens is 486 g/mol. The van der Waals surface area contributed by atoms with Gasteiger partial charge in [-0.1, -0.05) is 11.6 Å². The van der Waals surface area contributed by atoms with Crippen molar-refractivity contribution in [2.24, 2.45) is 11.3 Å². The third-order valence-corrected chi connectivity index (χ3v) is 8.04. The van der Waals surface area contributed by atoms with Gasteiger partial charge < -0.3 is 29.0 Å². The molecule has 210 valence electrons. The summed E-state index contributed by atoms with van der Waals surface area (Å²) in [5.41, 5.74) is 1.27. The van der Waals surface area contributed by atoms with Crippen molar-refractivity contribution >= 4 is 12.1 Å². The molecule has 0 aliphatic carbocycles. The molecule has 3 aliphatic heterocycles. The number of piperidine rings is 1. The summed E-state index contributed by atoms with van der Waals surface area (Å²) in [7, 11) is 0. The van der Waals surface area contributed by atoms with Crippen molar-refractivity contribution in [3.63, 3.8) is 0 Å². The summed E-state index contributed by atoms with van der Waals surface area (Å²) in [6, 6.07) is 5.53. The molecular formula is C30H43NO7.